The largest absolute Gasteiger partial charge is 0.465 e. The van der Waals surface area contributed by atoms with E-state index in [1.165, 1.54) is 29.8 Å². The number of nitrogens with one attached hydrogen (secondary N) is 2. The van der Waals surface area contributed by atoms with Crippen molar-refractivity contribution < 1.29 is 23.9 Å². The molecule has 0 bridgehead atoms. The molecule has 140 valence electrons. The summed E-state index contributed by atoms with van der Waals surface area (Å²) in [7, 11) is 1.28. The molecule has 0 saturated heterocycles. The van der Waals surface area contributed by atoms with Crippen LogP contribution in [-0.2, 0) is 16.0 Å². The van der Waals surface area contributed by atoms with Gasteiger partial charge in [0.15, 0.2) is 0 Å². The van der Waals surface area contributed by atoms with Gasteiger partial charge in [0.1, 0.15) is 15.4 Å². The molecule has 9 heteroatoms. The smallest absolute Gasteiger partial charge is 0.350 e. The summed E-state index contributed by atoms with van der Waals surface area (Å²) in [6, 6.07) is 2.89. The molecular weight excluding hydrogens is 376 g/mol. The zero-order chi connectivity index (χ0) is 19.3. The van der Waals surface area contributed by atoms with E-state index in [-0.39, 0.29) is 6.54 Å². The van der Waals surface area contributed by atoms with E-state index in [1.807, 2.05) is 0 Å². The molecule has 0 aliphatic carbocycles. The highest BCUT2D eigenvalue weighted by molar-refractivity contribution is 7.12. The maximum Gasteiger partial charge on any atom is 0.350 e. The highest BCUT2D eigenvalue weighted by atomic mass is 32.1. The van der Waals surface area contributed by atoms with Crippen molar-refractivity contribution in [3.05, 3.63) is 38.2 Å². The molecule has 2 N–H and O–H groups in total. The molecule has 0 fully saturated rings. The zero-order valence-corrected chi connectivity index (χ0v) is 16.5. The minimum absolute atomic E-state index is 0.154. The van der Waals surface area contributed by atoms with Crippen molar-refractivity contribution in [3.8, 4) is 0 Å². The van der Waals surface area contributed by atoms with Gasteiger partial charge in [-0.05, 0) is 49.2 Å². The van der Waals surface area contributed by atoms with Crippen molar-refractivity contribution in [2.75, 3.05) is 12.4 Å². The Bertz CT molecular complexity index is 804. The zero-order valence-electron chi connectivity index (χ0n) is 14.9. The number of ether oxygens (including phenoxy) is 2. The fraction of sp³-hybridized carbons (Fsp3) is 0.353. The van der Waals surface area contributed by atoms with Gasteiger partial charge in [0.05, 0.1) is 12.8 Å². The number of anilines is 1. The number of carbonyl (C=O) groups excluding carboxylic acids is 3. The molecule has 0 unspecified atom stereocenters. The molecular formula is C17H20N2O5S2. The Morgan fingerprint density at radius 2 is 1.69 bits per heavy atom. The molecule has 2 rings (SSSR count). The van der Waals surface area contributed by atoms with Crippen molar-refractivity contribution in [2.45, 2.75) is 32.9 Å². The van der Waals surface area contributed by atoms with Crippen molar-refractivity contribution in [3.63, 3.8) is 0 Å². The number of rotatable bonds is 5. The first-order valence-electron chi connectivity index (χ1n) is 7.71. The van der Waals surface area contributed by atoms with Crippen LogP contribution < -0.4 is 10.6 Å². The molecule has 7 nitrogen and oxygen atoms in total. The minimum Gasteiger partial charge on any atom is -0.465 e. The van der Waals surface area contributed by atoms with E-state index >= 15 is 0 Å². The molecule has 0 saturated carbocycles. The van der Waals surface area contributed by atoms with Crippen LogP contribution in [-0.4, -0.2) is 30.7 Å². The van der Waals surface area contributed by atoms with Gasteiger partial charge in [0.2, 0.25) is 0 Å². The fourth-order valence-corrected chi connectivity index (χ4v) is 3.54. The normalized spacial score (nSPS) is 10.9. The Hall–Kier alpha value is -2.39. The van der Waals surface area contributed by atoms with Gasteiger partial charge in [-0.1, -0.05) is 0 Å². The maximum atomic E-state index is 12.2. The van der Waals surface area contributed by atoms with Crippen LogP contribution in [0.4, 0.5) is 10.5 Å². The average Bonchev–Trinajstić information content (AvgIpc) is 3.19. The van der Waals surface area contributed by atoms with Gasteiger partial charge in [0, 0.05) is 6.54 Å². The number of hydrogen-bond donors (Lipinski definition) is 2. The van der Waals surface area contributed by atoms with Crippen molar-refractivity contribution in [1.29, 1.82) is 0 Å². The number of methoxy groups -OCH3 is 1. The molecule has 2 aromatic heterocycles. The van der Waals surface area contributed by atoms with E-state index in [1.54, 1.807) is 43.7 Å². The predicted octanol–water partition coefficient (Wildman–Crippen LogP) is 3.87. The van der Waals surface area contributed by atoms with Crippen LogP contribution in [0.1, 0.15) is 45.7 Å². The van der Waals surface area contributed by atoms with Crippen LogP contribution >= 0.6 is 22.7 Å². The third-order valence-corrected chi connectivity index (χ3v) is 4.89. The highest BCUT2D eigenvalue weighted by Crippen LogP contribution is 2.23. The van der Waals surface area contributed by atoms with Crippen LogP contribution in [0.5, 0.6) is 0 Å². The lowest BCUT2D eigenvalue weighted by atomic mass is 10.2. The fourth-order valence-electron chi connectivity index (χ4n) is 1.98. The summed E-state index contributed by atoms with van der Waals surface area (Å²) in [5, 5.41) is 8.72. The lowest BCUT2D eigenvalue weighted by Gasteiger charge is -2.19. The first-order chi connectivity index (χ1) is 12.2. The molecule has 2 aromatic rings. The Kier molecular flexibility index (Phi) is 6.38. The standard InChI is InChI=1S/C17H20N2O5S2/c1-17(2,3)24-15(21)12-10(5-7-25-12)9-18-16(22)19-11-6-8-26-13(11)14(20)23-4/h5-8H,9H2,1-4H3,(H2,18,19,22). The Balaban J connectivity index is 1.97. The van der Waals surface area contributed by atoms with E-state index < -0.39 is 23.6 Å². The van der Waals surface area contributed by atoms with E-state index in [9.17, 15) is 14.4 Å². The lowest BCUT2D eigenvalue weighted by Crippen LogP contribution is -2.29. The van der Waals surface area contributed by atoms with Crippen LogP contribution in [0.2, 0.25) is 0 Å². The van der Waals surface area contributed by atoms with Gasteiger partial charge in [0.25, 0.3) is 0 Å². The van der Waals surface area contributed by atoms with Gasteiger partial charge >= 0.3 is 18.0 Å². The molecule has 26 heavy (non-hydrogen) atoms. The third kappa shape index (κ3) is 5.30. The van der Waals surface area contributed by atoms with Crippen LogP contribution in [0, 0.1) is 0 Å². The van der Waals surface area contributed by atoms with E-state index in [0.717, 1.165) is 0 Å². The molecule has 0 radical (unpaired) electrons. The molecule has 0 aromatic carbocycles. The number of carbonyl (C=O) groups is 3. The summed E-state index contributed by atoms with van der Waals surface area (Å²) in [6.07, 6.45) is 0. The number of amides is 2. The minimum atomic E-state index is -0.591. The van der Waals surface area contributed by atoms with Gasteiger partial charge in [-0.15, -0.1) is 22.7 Å². The summed E-state index contributed by atoms with van der Waals surface area (Å²) in [5.74, 6) is -0.934. The topological polar surface area (TPSA) is 93.7 Å². The van der Waals surface area contributed by atoms with Crippen LogP contribution in [0.15, 0.2) is 22.9 Å². The summed E-state index contributed by atoms with van der Waals surface area (Å²) in [5.41, 5.74) is 0.446. The van der Waals surface area contributed by atoms with Crippen molar-refractivity contribution >= 4 is 46.3 Å². The second-order valence-corrected chi connectivity index (χ2v) is 8.07. The number of esters is 2. The molecule has 2 amide bonds. The van der Waals surface area contributed by atoms with Crippen LogP contribution in [0.25, 0.3) is 0 Å². The van der Waals surface area contributed by atoms with Crippen molar-refractivity contribution in [1.82, 2.24) is 5.32 Å². The van der Waals surface area contributed by atoms with Gasteiger partial charge in [-0.25, -0.2) is 14.4 Å². The molecule has 0 aliphatic heterocycles. The summed E-state index contributed by atoms with van der Waals surface area (Å²) < 4.78 is 10.0. The number of hydrogen-bond acceptors (Lipinski definition) is 7. The first kappa shape index (κ1) is 19.9. The number of urea groups is 1. The van der Waals surface area contributed by atoms with Gasteiger partial charge in [-0.2, -0.15) is 0 Å². The van der Waals surface area contributed by atoms with E-state index in [4.69, 9.17) is 4.74 Å². The first-order valence-corrected chi connectivity index (χ1v) is 9.47. The second kappa shape index (κ2) is 8.33. The van der Waals surface area contributed by atoms with Gasteiger partial charge < -0.3 is 20.1 Å². The SMILES string of the molecule is COC(=O)c1sccc1NC(=O)NCc1ccsc1C(=O)OC(C)(C)C. The molecule has 0 aliphatic rings. The van der Waals surface area contributed by atoms with Crippen LogP contribution in [0.3, 0.4) is 0 Å². The molecule has 0 atom stereocenters. The second-order valence-electron chi connectivity index (χ2n) is 6.24. The monoisotopic (exact) mass is 396 g/mol. The summed E-state index contributed by atoms with van der Waals surface area (Å²) >= 11 is 2.43. The Labute approximate surface area is 159 Å². The Morgan fingerprint density at radius 1 is 1.04 bits per heavy atom. The maximum absolute atomic E-state index is 12.2. The quantitative estimate of drug-likeness (QED) is 0.748. The van der Waals surface area contributed by atoms with Crippen molar-refractivity contribution in [2.24, 2.45) is 0 Å². The predicted molar refractivity (Wildman–Crippen MR) is 101 cm³/mol. The third-order valence-electron chi connectivity index (χ3n) is 3.05. The molecule has 0 spiro atoms. The van der Waals surface area contributed by atoms with E-state index in [0.29, 0.717) is 21.0 Å². The lowest BCUT2D eigenvalue weighted by molar-refractivity contribution is 0.00737. The van der Waals surface area contributed by atoms with E-state index in [2.05, 4.69) is 15.4 Å². The average molecular weight is 396 g/mol. The number of thiophene rings is 2. The summed E-state index contributed by atoms with van der Waals surface area (Å²) in [6.45, 7) is 5.54. The van der Waals surface area contributed by atoms with Gasteiger partial charge in [-0.3, -0.25) is 0 Å². The summed E-state index contributed by atoms with van der Waals surface area (Å²) in [4.78, 5) is 36.7. The molecule has 2 heterocycles. The highest BCUT2D eigenvalue weighted by Gasteiger charge is 2.22. The Morgan fingerprint density at radius 3 is 2.35 bits per heavy atom.